The van der Waals surface area contributed by atoms with Gasteiger partial charge in [0.1, 0.15) is 0 Å². The van der Waals surface area contributed by atoms with Crippen LogP contribution in [0.4, 0.5) is 0 Å². The summed E-state index contributed by atoms with van der Waals surface area (Å²) in [6, 6.07) is 0. The van der Waals surface area contributed by atoms with Crippen LogP contribution in [0.5, 0.6) is 0 Å². The second-order valence-electron chi connectivity index (χ2n) is 5.83. The molecule has 0 fully saturated rings. The van der Waals surface area contributed by atoms with Crippen molar-refractivity contribution in [3.8, 4) is 0 Å². The zero-order chi connectivity index (χ0) is 10.2. The highest BCUT2D eigenvalue weighted by molar-refractivity contribution is 5.19. The van der Waals surface area contributed by atoms with Crippen LogP contribution in [0, 0.1) is 23.2 Å². The van der Waals surface area contributed by atoms with E-state index in [0.29, 0.717) is 5.41 Å². The average Bonchev–Trinajstić information content (AvgIpc) is 2.25. The van der Waals surface area contributed by atoms with Crippen LogP contribution < -0.4 is 0 Å². The standard InChI is InChI=1S/C13H24/c1-9(2)11-7-12(10(3)4)13(5,6)8-11/h7,9-10,12H,8H2,1-6H3. The molecule has 0 saturated heterocycles. The number of hydrogen-bond donors (Lipinski definition) is 0. The highest BCUT2D eigenvalue weighted by Crippen LogP contribution is 2.46. The summed E-state index contributed by atoms with van der Waals surface area (Å²) in [6.45, 7) is 14.1. The summed E-state index contributed by atoms with van der Waals surface area (Å²) < 4.78 is 0. The second kappa shape index (κ2) is 3.48. The van der Waals surface area contributed by atoms with E-state index in [1.165, 1.54) is 6.42 Å². The van der Waals surface area contributed by atoms with Crippen LogP contribution in [0.15, 0.2) is 11.6 Å². The largest absolute Gasteiger partial charge is 0.0811 e. The molecule has 0 heterocycles. The van der Waals surface area contributed by atoms with Gasteiger partial charge in [-0.2, -0.15) is 0 Å². The van der Waals surface area contributed by atoms with Crippen molar-refractivity contribution in [3.63, 3.8) is 0 Å². The molecule has 0 bridgehead atoms. The first-order valence-electron chi connectivity index (χ1n) is 5.55. The minimum Gasteiger partial charge on any atom is -0.0811 e. The quantitative estimate of drug-likeness (QED) is 0.557. The molecule has 1 unspecified atom stereocenters. The van der Waals surface area contributed by atoms with Crippen molar-refractivity contribution in [3.05, 3.63) is 11.6 Å². The Bertz CT molecular complexity index is 206. The molecule has 0 aromatic heterocycles. The van der Waals surface area contributed by atoms with Gasteiger partial charge >= 0.3 is 0 Å². The monoisotopic (exact) mass is 180 g/mol. The summed E-state index contributed by atoms with van der Waals surface area (Å²) in [4.78, 5) is 0. The average molecular weight is 180 g/mol. The molecule has 13 heavy (non-hydrogen) atoms. The first-order chi connectivity index (χ1) is 5.84. The van der Waals surface area contributed by atoms with Gasteiger partial charge in [0, 0.05) is 0 Å². The van der Waals surface area contributed by atoms with E-state index in [0.717, 1.165) is 17.8 Å². The third-order valence-corrected chi connectivity index (χ3v) is 3.42. The maximum Gasteiger partial charge on any atom is -0.0153 e. The molecule has 0 amide bonds. The van der Waals surface area contributed by atoms with Gasteiger partial charge in [-0.15, -0.1) is 0 Å². The molecule has 0 spiro atoms. The fourth-order valence-electron chi connectivity index (χ4n) is 2.65. The van der Waals surface area contributed by atoms with Gasteiger partial charge in [0.2, 0.25) is 0 Å². The molecule has 0 N–H and O–H groups in total. The van der Waals surface area contributed by atoms with Gasteiger partial charge in [0.05, 0.1) is 0 Å². The second-order valence-corrected chi connectivity index (χ2v) is 5.83. The Hall–Kier alpha value is -0.260. The number of rotatable bonds is 2. The van der Waals surface area contributed by atoms with Gasteiger partial charge in [0.25, 0.3) is 0 Å². The number of allylic oxidation sites excluding steroid dienone is 2. The van der Waals surface area contributed by atoms with Gasteiger partial charge in [-0.1, -0.05) is 53.2 Å². The lowest BCUT2D eigenvalue weighted by atomic mass is 9.75. The van der Waals surface area contributed by atoms with E-state index in [-0.39, 0.29) is 0 Å². The topological polar surface area (TPSA) is 0 Å². The fraction of sp³-hybridized carbons (Fsp3) is 0.846. The van der Waals surface area contributed by atoms with Crippen molar-refractivity contribution in [1.82, 2.24) is 0 Å². The molecule has 1 rings (SSSR count). The third kappa shape index (κ3) is 2.15. The Morgan fingerprint density at radius 1 is 1.23 bits per heavy atom. The van der Waals surface area contributed by atoms with Crippen molar-refractivity contribution >= 4 is 0 Å². The number of hydrogen-bond acceptors (Lipinski definition) is 0. The van der Waals surface area contributed by atoms with E-state index in [2.05, 4.69) is 47.6 Å². The summed E-state index contributed by atoms with van der Waals surface area (Å²) in [6.07, 6.45) is 3.84. The Labute approximate surface area is 83.4 Å². The zero-order valence-corrected chi connectivity index (χ0v) is 10.0. The van der Waals surface area contributed by atoms with Crippen LogP contribution in [0.2, 0.25) is 0 Å². The van der Waals surface area contributed by atoms with Crippen LogP contribution in [0.1, 0.15) is 48.0 Å². The van der Waals surface area contributed by atoms with Crippen LogP contribution >= 0.6 is 0 Å². The first-order valence-corrected chi connectivity index (χ1v) is 5.55. The Morgan fingerprint density at radius 2 is 1.77 bits per heavy atom. The normalized spacial score (nSPS) is 27.1. The smallest absolute Gasteiger partial charge is 0.0153 e. The third-order valence-electron chi connectivity index (χ3n) is 3.42. The van der Waals surface area contributed by atoms with Crippen molar-refractivity contribution in [1.29, 1.82) is 0 Å². The van der Waals surface area contributed by atoms with Crippen LogP contribution in [0.3, 0.4) is 0 Å². The maximum atomic E-state index is 2.54. The summed E-state index contributed by atoms with van der Waals surface area (Å²) in [5, 5.41) is 0. The molecule has 0 aromatic carbocycles. The summed E-state index contributed by atoms with van der Waals surface area (Å²) in [5.41, 5.74) is 2.16. The Balaban J connectivity index is 2.82. The molecule has 0 aliphatic heterocycles. The molecular formula is C13H24. The lowest BCUT2D eigenvalue weighted by Gasteiger charge is -2.30. The van der Waals surface area contributed by atoms with Gasteiger partial charge < -0.3 is 0 Å². The van der Waals surface area contributed by atoms with E-state index in [1.807, 2.05) is 0 Å². The molecule has 1 atom stereocenters. The highest BCUT2D eigenvalue weighted by atomic mass is 14.4. The molecule has 1 aliphatic rings. The predicted molar refractivity (Wildman–Crippen MR) is 59.6 cm³/mol. The Morgan fingerprint density at radius 3 is 2.00 bits per heavy atom. The minimum absolute atomic E-state index is 0.494. The molecule has 0 radical (unpaired) electrons. The SMILES string of the molecule is CC(C)C1=CC(C(C)C)C(C)(C)C1. The van der Waals surface area contributed by atoms with Gasteiger partial charge in [-0.25, -0.2) is 0 Å². The lowest BCUT2D eigenvalue weighted by molar-refractivity contribution is 0.223. The van der Waals surface area contributed by atoms with E-state index < -0.39 is 0 Å². The van der Waals surface area contributed by atoms with Gasteiger partial charge in [0.15, 0.2) is 0 Å². The maximum absolute atomic E-state index is 2.54. The van der Waals surface area contributed by atoms with Crippen LogP contribution in [-0.4, -0.2) is 0 Å². The molecule has 0 aromatic rings. The summed E-state index contributed by atoms with van der Waals surface area (Å²) in [7, 11) is 0. The van der Waals surface area contributed by atoms with Crippen LogP contribution in [0.25, 0.3) is 0 Å². The van der Waals surface area contributed by atoms with E-state index in [4.69, 9.17) is 0 Å². The molecule has 0 saturated carbocycles. The summed E-state index contributed by atoms with van der Waals surface area (Å²) in [5.74, 6) is 2.30. The van der Waals surface area contributed by atoms with Crippen molar-refractivity contribution in [2.75, 3.05) is 0 Å². The molecule has 0 nitrogen and oxygen atoms in total. The minimum atomic E-state index is 0.494. The summed E-state index contributed by atoms with van der Waals surface area (Å²) >= 11 is 0. The van der Waals surface area contributed by atoms with Crippen molar-refractivity contribution in [2.24, 2.45) is 23.2 Å². The molecular weight excluding hydrogens is 156 g/mol. The zero-order valence-electron chi connectivity index (χ0n) is 10.0. The Kier molecular flexibility index (Phi) is 2.89. The highest BCUT2D eigenvalue weighted by Gasteiger charge is 2.36. The van der Waals surface area contributed by atoms with E-state index in [9.17, 15) is 0 Å². The van der Waals surface area contributed by atoms with Gasteiger partial charge in [-0.3, -0.25) is 0 Å². The van der Waals surface area contributed by atoms with E-state index in [1.54, 1.807) is 5.57 Å². The van der Waals surface area contributed by atoms with Crippen molar-refractivity contribution in [2.45, 2.75) is 48.0 Å². The van der Waals surface area contributed by atoms with Crippen molar-refractivity contribution < 1.29 is 0 Å². The fourth-order valence-corrected chi connectivity index (χ4v) is 2.65. The molecule has 1 aliphatic carbocycles. The molecule has 76 valence electrons. The molecule has 0 heteroatoms. The first kappa shape index (κ1) is 10.8. The van der Waals surface area contributed by atoms with Crippen LogP contribution in [-0.2, 0) is 0 Å². The van der Waals surface area contributed by atoms with E-state index >= 15 is 0 Å². The predicted octanol–water partition coefficient (Wildman–Crippen LogP) is 4.27. The van der Waals surface area contributed by atoms with Gasteiger partial charge in [-0.05, 0) is 29.6 Å². The lowest BCUT2D eigenvalue weighted by Crippen LogP contribution is -2.22.